The lowest BCUT2D eigenvalue weighted by molar-refractivity contribution is -0.140. The minimum atomic E-state index is -0.522. The van der Waals surface area contributed by atoms with Crippen LogP contribution in [0, 0.1) is 0 Å². The van der Waals surface area contributed by atoms with E-state index in [0.717, 1.165) is 32.4 Å². The van der Waals surface area contributed by atoms with Crippen LogP contribution in [0.3, 0.4) is 0 Å². The average molecular weight is 291 g/mol. The Balaban J connectivity index is 2.44. The molecular formula is C17H25NO3. The lowest BCUT2D eigenvalue weighted by Gasteiger charge is -2.09. The molecule has 0 heterocycles. The molecule has 0 aliphatic carbocycles. The molecule has 1 aromatic rings. The number of ether oxygens (including phenoxy) is 2. The largest absolute Gasteiger partial charge is 0.460 e. The van der Waals surface area contributed by atoms with Gasteiger partial charge in [0.2, 0.25) is 5.76 Å². The predicted molar refractivity (Wildman–Crippen MR) is 84.3 cm³/mol. The Kier molecular flexibility index (Phi) is 8.21. The van der Waals surface area contributed by atoms with Crippen molar-refractivity contribution in [1.82, 2.24) is 5.32 Å². The SMILES string of the molecule is C=C(Oc1cccc(CCCNCCC)c1)C(=O)OCC. The molecular weight excluding hydrogens is 266 g/mol. The van der Waals surface area contributed by atoms with Crippen molar-refractivity contribution in [2.45, 2.75) is 33.1 Å². The van der Waals surface area contributed by atoms with Crippen molar-refractivity contribution in [1.29, 1.82) is 0 Å². The van der Waals surface area contributed by atoms with E-state index in [1.165, 1.54) is 5.56 Å². The molecule has 0 bridgehead atoms. The Hall–Kier alpha value is -1.81. The van der Waals surface area contributed by atoms with Gasteiger partial charge in [-0.05, 0) is 63.6 Å². The molecule has 0 unspecified atom stereocenters. The fourth-order valence-electron chi connectivity index (χ4n) is 1.88. The zero-order valence-electron chi connectivity index (χ0n) is 13.0. The molecule has 21 heavy (non-hydrogen) atoms. The number of hydrogen-bond acceptors (Lipinski definition) is 4. The summed E-state index contributed by atoms with van der Waals surface area (Å²) < 4.78 is 10.3. The summed E-state index contributed by atoms with van der Waals surface area (Å²) in [5.41, 5.74) is 1.18. The zero-order valence-corrected chi connectivity index (χ0v) is 13.0. The van der Waals surface area contributed by atoms with E-state index in [2.05, 4.69) is 24.9 Å². The molecule has 1 rings (SSSR count). The first-order valence-electron chi connectivity index (χ1n) is 7.50. The summed E-state index contributed by atoms with van der Waals surface area (Å²) >= 11 is 0. The van der Waals surface area contributed by atoms with E-state index in [-0.39, 0.29) is 5.76 Å². The van der Waals surface area contributed by atoms with Crippen molar-refractivity contribution in [3.63, 3.8) is 0 Å². The van der Waals surface area contributed by atoms with E-state index in [0.29, 0.717) is 12.4 Å². The summed E-state index contributed by atoms with van der Waals surface area (Å²) in [6.45, 7) is 9.87. The van der Waals surface area contributed by atoms with Crippen molar-refractivity contribution < 1.29 is 14.3 Å². The van der Waals surface area contributed by atoms with Gasteiger partial charge >= 0.3 is 5.97 Å². The highest BCUT2D eigenvalue weighted by Crippen LogP contribution is 2.17. The minimum Gasteiger partial charge on any atom is -0.460 e. The molecule has 0 aromatic heterocycles. The van der Waals surface area contributed by atoms with Crippen LogP contribution < -0.4 is 10.1 Å². The van der Waals surface area contributed by atoms with E-state index in [9.17, 15) is 4.79 Å². The van der Waals surface area contributed by atoms with Gasteiger partial charge in [0, 0.05) is 0 Å². The number of benzene rings is 1. The topological polar surface area (TPSA) is 47.6 Å². The highest BCUT2D eigenvalue weighted by Gasteiger charge is 2.10. The number of nitrogens with one attached hydrogen (secondary N) is 1. The molecule has 0 fully saturated rings. The van der Waals surface area contributed by atoms with Crippen LogP contribution >= 0.6 is 0 Å². The van der Waals surface area contributed by atoms with Gasteiger partial charge in [0.25, 0.3) is 0 Å². The van der Waals surface area contributed by atoms with Crippen molar-refractivity contribution in [3.05, 3.63) is 42.2 Å². The van der Waals surface area contributed by atoms with Gasteiger partial charge in [-0.15, -0.1) is 0 Å². The summed E-state index contributed by atoms with van der Waals surface area (Å²) in [6.07, 6.45) is 3.20. The number of esters is 1. The maximum absolute atomic E-state index is 11.4. The van der Waals surface area contributed by atoms with Crippen molar-refractivity contribution in [3.8, 4) is 5.75 Å². The van der Waals surface area contributed by atoms with Gasteiger partial charge < -0.3 is 14.8 Å². The monoisotopic (exact) mass is 291 g/mol. The summed E-state index contributed by atoms with van der Waals surface area (Å²) in [4.78, 5) is 11.4. The number of aryl methyl sites for hydroxylation is 1. The molecule has 0 saturated heterocycles. The quantitative estimate of drug-likeness (QED) is 0.311. The molecule has 1 aromatic carbocycles. The van der Waals surface area contributed by atoms with Crippen LogP contribution in [0.5, 0.6) is 5.75 Å². The number of hydrogen-bond donors (Lipinski definition) is 1. The van der Waals surface area contributed by atoms with Crippen LogP contribution in [-0.4, -0.2) is 25.7 Å². The third kappa shape index (κ3) is 6.95. The molecule has 116 valence electrons. The number of rotatable bonds is 10. The highest BCUT2D eigenvalue weighted by molar-refractivity contribution is 5.86. The highest BCUT2D eigenvalue weighted by atomic mass is 16.6. The molecule has 4 nitrogen and oxygen atoms in total. The molecule has 0 saturated carbocycles. The van der Waals surface area contributed by atoms with E-state index < -0.39 is 5.97 Å². The van der Waals surface area contributed by atoms with Gasteiger partial charge in [0.05, 0.1) is 6.61 Å². The first-order valence-corrected chi connectivity index (χ1v) is 7.50. The van der Waals surface area contributed by atoms with Crippen molar-refractivity contribution in [2.75, 3.05) is 19.7 Å². The van der Waals surface area contributed by atoms with Gasteiger partial charge in [-0.1, -0.05) is 19.1 Å². The van der Waals surface area contributed by atoms with Crippen LogP contribution in [-0.2, 0) is 16.0 Å². The lowest BCUT2D eigenvalue weighted by atomic mass is 10.1. The maximum atomic E-state index is 11.4. The Morgan fingerprint density at radius 2 is 2.10 bits per heavy atom. The van der Waals surface area contributed by atoms with E-state index >= 15 is 0 Å². The average Bonchev–Trinajstić information content (AvgIpc) is 2.47. The van der Waals surface area contributed by atoms with E-state index in [4.69, 9.17) is 9.47 Å². The second kappa shape index (κ2) is 10.00. The Morgan fingerprint density at radius 3 is 2.81 bits per heavy atom. The smallest absolute Gasteiger partial charge is 0.373 e. The zero-order chi connectivity index (χ0) is 15.5. The molecule has 1 N–H and O–H groups in total. The molecule has 0 spiro atoms. The fraction of sp³-hybridized carbons (Fsp3) is 0.471. The van der Waals surface area contributed by atoms with Gasteiger partial charge in [0.15, 0.2) is 0 Å². The van der Waals surface area contributed by atoms with Crippen LogP contribution in [0.1, 0.15) is 32.3 Å². The van der Waals surface area contributed by atoms with E-state index in [1.807, 2.05) is 18.2 Å². The third-order valence-electron chi connectivity index (χ3n) is 2.89. The molecule has 0 aliphatic heterocycles. The van der Waals surface area contributed by atoms with Crippen molar-refractivity contribution in [2.24, 2.45) is 0 Å². The van der Waals surface area contributed by atoms with Gasteiger partial charge in [0.1, 0.15) is 5.75 Å². The van der Waals surface area contributed by atoms with E-state index in [1.54, 1.807) is 6.92 Å². The molecule has 0 amide bonds. The summed E-state index contributed by atoms with van der Waals surface area (Å²) in [5, 5.41) is 3.37. The normalized spacial score (nSPS) is 10.2. The molecule has 0 atom stereocenters. The van der Waals surface area contributed by atoms with Crippen LogP contribution in [0.4, 0.5) is 0 Å². The van der Waals surface area contributed by atoms with Gasteiger partial charge in [-0.2, -0.15) is 0 Å². The summed E-state index contributed by atoms with van der Waals surface area (Å²) in [5.74, 6) is 0.109. The molecule has 0 aliphatic rings. The Bertz CT molecular complexity index is 457. The number of carbonyl (C=O) groups is 1. The van der Waals surface area contributed by atoms with Crippen LogP contribution in [0.2, 0.25) is 0 Å². The predicted octanol–water partition coefficient (Wildman–Crippen LogP) is 3.07. The lowest BCUT2D eigenvalue weighted by Crippen LogP contribution is -2.16. The first-order chi connectivity index (χ1) is 10.2. The van der Waals surface area contributed by atoms with Crippen LogP contribution in [0.25, 0.3) is 0 Å². The molecule has 4 heteroatoms. The maximum Gasteiger partial charge on any atom is 0.373 e. The third-order valence-corrected chi connectivity index (χ3v) is 2.89. The second-order valence-electron chi connectivity index (χ2n) is 4.75. The minimum absolute atomic E-state index is 0.0126. The summed E-state index contributed by atoms with van der Waals surface area (Å²) in [7, 11) is 0. The summed E-state index contributed by atoms with van der Waals surface area (Å²) in [6, 6.07) is 7.72. The first kappa shape index (κ1) is 17.2. The second-order valence-corrected chi connectivity index (χ2v) is 4.75. The fourth-order valence-corrected chi connectivity index (χ4v) is 1.88. The van der Waals surface area contributed by atoms with Gasteiger partial charge in [-0.25, -0.2) is 4.79 Å². The molecule has 0 radical (unpaired) electrons. The Morgan fingerprint density at radius 1 is 1.29 bits per heavy atom. The van der Waals surface area contributed by atoms with Crippen molar-refractivity contribution >= 4 is 5.97 Å². The Labute approximate surface area is 127 Å². The number of carbonyl (C=O) groups excluding carboxylic acids is 1. The standard InChI is InChI=1S/C17H25NO3/c1-4-11-18-12-7-9-15-8-6-10-16(13-15)21-14(3)17(19)20-5-2/h6,8,10,13,18H,3-5,7,9,11-12H2,1-2H3. The van der Waals surface area contributed by atoms with Crippen LogP contribution in [0.15, 0.2) is 36.6 Å². The van der Waals surface area contributed by atoms with Gasteiger partial charge in [-0.3, -0.25) is 0 Å².